The zero-order valence-corrected chi connectivity index (χ0v) is 17.5. The SMILES string of the molecule is CC(=O)N1c2ccc(S(=O)(=O)N3CCCCC3)cc2C[C@@H]1C(=O)N1CCOCC1. The van der Waals surface area contributed by atoms with Crippen molar-refractivity contribution in [3.63, 3.8) is 0 Å². The van der Waals surface area contributed by atoms with Crippen LogP contribution in [0.1, 0.15) is 31.7 Å². The minimum Gasteiger partial charge on any atom is -0.378 e. The maximum Gasteiger partial charge on any atom is 0.246 e. The summed E-state index contributed by atoms with van der Waals surface area (Å²) in [6.45, 7) is 4.51. The summed E-state index contributed by atoms with van der Waals surface area (Å²) in [4.78, 5) is 28.9. The molecule has 1 aromatic carbocycles. The van der Waals surface area contributed by atoms with E-state index in [0.29, 0.717) is 51.5 Å². The van der Waals surface area contributed by atoms with Crippen LogP contribution >= 0.6 is 0 Å². The van der Waals surface area contributed by atoms with Crippen LogP contribution in [0.3, 0.4) is 0 Å². The number of anilines is 1. The van der Waals surface area contributed by atoms with Crippen molar-refractivity contribution < 1.29 is 22.7 Å². The highest BCUT2D eigenvalue weighted by Gasteiger charge is 2.40. The molecule has 158 valence electrons. The number of fused-ring (bicyclic) bond motifs is 1. The summed E-state index contributed by atoms with van der Waals surface area (Å²) in [5, 5.41) is 0. The van der Waals surface area contributed by atoms with E-state index in [4.69, 9.17) is 4.74 Å². The molecule has 2 fully saturated rings. The van der Waals surface area contributed by atoms with Gasteiger partial charge < -0.3 is 9.64 Å². The van der Waals surface area contributed by atoms with Gasteiger partial charge in [0.15, 0.2) is 0 Å². The number of morpholine rings is 1. The Labute approximate surface area is 171 Å². The van der Waals surface area contributed by atoms with Crippen molar-refractivity contribution in [1.29, 1.82) is 0 Å². The number of hydrogen-bond donors (Lipinski definition) is 0. The average Bonchev–Trinajstić information content (AvgIpc) is 3.13. The largest absolute Gasteiger partial charge is 0.378 e. The number of benzene rings is 1. The fourth-order valence-corrected chi connectivity index (χ4v) is 5.99. The number of amides is 2. The topological polar surface area (TPSA) is 87.2 Å². The van der Waals surface area contributed by atoms with Crippen LogP contribution in [0.5, 0.6) is 0 Å². The fourth-order valence-electron chi connectivity index (χ4n) is 4.42. The summed E-state index contributed by atoms with van der Waals surface area (Å²) in [5.74, 6) is -0.331. The predicted molar refractivity (Wildman–Crippen MR) is 107 cm³/mol. The molecule has 1 aromatic rings. The molecule has 8 nitrogen and oxygen atoms in total. The van der Waals surface area contributed by atoms with E-state index in [9.17, 15) is 18.0 Å². The van der Waals surface area contributed by atoms with Gasteiger partial charge in [-0.05, 0) is 36.6 Å². The lowest BCUT2D eigenvalue weighted by Gasteiger charge is -2.32. The predicted octanol–water partition coefficient (Wildman–Crippen LogP) is 0.998. The Morgan fingerprint density at radius 3 is 2.38 bits per heavy atom. The van der Waals surface area contributed by atoms with Gasteiger partial charge >= 0.3 is 0 Å². The van der Waals surface area contributed by atoms with Crippen LogP contribution in [0.2, 0.25) is 0 Å². The van der Waals surface area contributed by atoms with E-state index >= 15 is 0 Å². The van der Waals surface area contributed by atoms with E-state index in [1.807, 2.05) is 0 Å². The van der Waals surface area contributed by atoms with Crippen molar-refractivity contribution in [3.05, 3.63) is 23.8 Å². The van der Waals surface area contributed by atoms with Crippen molar-refractivity contribution in [2.75, 3.05) is 44.3 Å². The van der Waals surface area contributed by atoms with Gasteiger partial charge in [0.25, 0.3) is 0 Å². The molecule has 0 N–H and O–H groups in total. The van der Waals surface area contributed by atoms with E-state index in [2.05, 4.69) is 0 Å². The van der Waals surface area contributed by atoms with Crippen molar-refractivity contribution in [3.8, 4) is 0 Å². The van der Waals surface area contributed by atoms with Crippen LogP contribution < -0.4 is 4.90 Å². The first-order chi connectivity index (χ1) is 13.9. The molecule has 3 aliphatic rings. The molecule has 0 saturated carbocycles. The van der Waals surface area contributed by atoms with E-state index < -0.39 is 16.1 Å². The summed E-state index contributed by atoms with van der Waals surface area (Å²) in [6.07, 6.45) is 3.13. The Morgan fingerprint density at radius 1 is 1.03 bits per heavy atom. The first-order valence-electron chi connectivity index (χ1n) is 10.2. The van der Waals surface area contributed by atoms with Gasteiger partial charge in [-0.2, -0.15) is 4.31 Å². The molecular formula is C20H27N3O5S. The number of rotatable bonds is 3. The molecule has 1 atom stereocenters. The smallest absolute Gasteiger partial charge is 0.246 e. The molecule has 0 spiro atoms. The molecule has 0 unspecified atom stereocenters. The summed E-state index contributed by atoms with van der Waals surface area (Å²) in [7, 11) is -3.56. The third kappa shape index (κ3) is 3.78. The second kappa shape index (κ2) is 8.04. The lowest BCUT2D eigenvalue weighted by atomic mass is 10.1. The van der Waals surface area contributed by atoms with Gasteiger partial charge in [-0.25, -0.2) is 8.42 Å². The van der Waals surface area contributed by atoms with Gasteiger partial charge in [0, 0.05) is 45.2 Å². The highest BCUT2D eigenvalue weighted by Crippen LogP contribution is 2.36. The van der Waals surface area contributed by atoms with E-state index in [-0.39, 0.29) is 16.7 Å². The third-order valence-corrected chi connectivity index (χ3v) is 7.83. The van der Waals surface area contributed by atoms with E-state index in [1.54, 1.807) is 23.1 Å². The molecule has 0 aromatic heterocycles. The molecule has 0 bridgehead atoms. The Bertz CT molecular complexity index is 905. The molecule has 3 heterocycles. The number of nitrogens with zero attached hydrogens (tertiary/aromatic N) is 3. The maximum absolute atomic E-state index is 13.1. The molecule has 29 heavy (non-hydrogen) atoms. The van der Waals surface area contributed by atoms with Gasteiger partial charge in [0.1, 0.15) is 6.04 Å². The zero-order valence-electron chi connectivity index (χ0n) is 16.7. The van der Waals surface area contributed by atoms with Crippen LogP contribution in [-0.4, -0.2) is 74.9 Å². The summed E-state index contributed by atoms with van der Waals surface area (Å²) in [5.41, 5.74) is 1.35. The number of carbonyl (C=O) groups excluding carboxylic acids is 2. The lowest BCUT2D eigenvalue weighted by Crippen LogP contribution is -2.52. The number of ether oxygens (including phenoxy) is 1. The van der Waals surface area contributed by atoms with Crippen LogP contribution in [0.15, 0.2) is 23.1 Å². The van der Waals surface area contributed by atoms with Crippen molar-refractivity contribution in [2.24, 2.45) is 0 Å². The number of piperidine rings is 1. The quantitative estimate of drug-likeness (QED) is 0.727. The van der Waals surface area contributed by atoms with Crippen LogP contribution in [-0.2, 0) is 30.8 Å². The van der Waals surface area contributed by atoms with Crippen LogP contribution in [0.25, 0.3) is 0 Å². The molecule has 4 rings (SSSR count). The third-order valence-electron chi connectivity index (χ3n) is 5.94. The minimum absolute atomic E-state index is 0.111. The zero-order chi connectivity index (χ0) is 20.6. The molecular weight excluding hydrogens is 394 g/mol. The number of carbonyl (C=O) groups is 2. The second-order valence-corrected chi connectivity index (χ2v) is 9.74. The standard InChI is InChI=1S/C20H27N3O5S/c1-15(24)23-18-6-5-17(29(26,27)22-7-3-2-4-8-22)13-16(18)14-19(23)20(25)21-9-11-28-12-10-21/h5-6,13,19H,2-4,7-12,14H2,1H3/t19-/m1/s1. The highest BCUT2D eigenvalue weighted by atomic mass is 32.2. The number of hydrogen-bond acceptors (Lipinski definition) is 5. The first kappa shape index (κ1) is 20.3. The van der Waals surface area contributed by atoms with Gasteiger partial charge in [-0.1, -0.05) is 6.42 Å². The highest BCUT2D eigenvalue weighted by molar-refractivity contribution is 7.89. The minimum atomic E-state index is -3.56. The Hall–Kier alpha value is -1.97. The molecule has 2 saturated heterocycles. The van der Waals surface area contributed by atoms with Gasteiger partial charge in [-0.3, -0.25) is 14.5 Å². The molecule has 2 amide bonds. The fraction of sp³-hybridized carbons (Fsp3) is 0.600. The average molecular weight is 422 g/mol. The first-order valence-corrected chi connectivity index (χ1v) is 11.6. The summed E-state index contributed by atoms with van der Waals surface area (Å²) < 4.78 is 32.9. The van der Waals surface area contributed by atoms with Gasteiger partial charge in [0.05, 0.1) is 18.1 Å². The van der Waals surface area contributed by atoms with Gasteiger partial charge in [0.2, 0.25) is 21.8 Å². The normalized spacial score (nSPS) is 23.1. The van der Waals surface area contributed by atoms with E-state index in [1.165, 1.54) is 16.1 Å². The molecule has 9 heteroatoms. The van der Waals surface area contributed by atoms with Crippen LogP contribution in [0.4, 0.5) is 5.69 Å². The van der Waals surface area contributed by atoms with Crippen molar-refractivity contribution in [1.82, 2.24) is 9.21 Å². The summed E-state index contributed by atoms with van der Waals surface area (Å²) in [6, 6.07) is 4.23. The molecule has 0 radical (unpaired) electrons. The van der Waals surface area contributed by atoms with E-state index in [0.717, 1.165) is 24.8 Å². The number of sulfonamides is 1. The second-order valence-electron chi connectivity index (χ2n) is 7.80. The Morgan fingerprint density at radius 2 is 1.72 bits per heavy atom. The van der Waals surface area contributed by atoms with Crippen molar-refractivity contribution >= 4 is 27.5 Å². The Kier molecular flexibility index (Phi) is 5.63. The van der Waals surface area contributed by atoms with Gasteiger partial charge in [-0.15, -0.1) is 0 Å². The molecule has 3 aliphatic heterocycles. The van der Waals surface area contributed by atoms with Crippen molar-refractivity contribution in [2.45, 2.75) is 43.5 Å². The lowest BCUT2D eigenvalue weighted by molar-refractivity contribution is -0.137. The Balaban J connectivity index is 1.62. The van der Waals surface area contributed by atoms with Crippen LogP contribution in [0, 0.1) is 0 Å². The summed E-state index contributed by atoms with van der Waals surface area (Å²) >= 11 is 0. The molecule has 0 aliphatic carbocycles. The monoisotopic (exact) mass is 421 g/mol. The maximum atomic E-state index is 13.1.